The van der Waals surface area contributed by atoms with Gasteiger partial charge in [0.15, 0.2) is 0 Å². The van der Waals surface area contributed by atoms with Crippen molar-refractivity contribution < 1.29 is 9.53 Å². The lowest BCUT2D eigenvalue weighted by atomic mass is 10.3. The number of hydrogen-bond donors (Lipinski definition) is 2. The van der Waals surface area contributed by atoms with E-state index in [9.17, 15) is 4.79 Å². The first kappa shape index (κ1) is 15.9. The van der Waals surface area contributed by atoms with Gasteiger partial charge in [0.05, 0.1) is 12.2 Å². The molecular formula is C17H17ClN2O2. The van der Waals surface area contributed by atoms with Gasteiger partial charge in [-0.3, -0.25) is 4.79 Å². The van der Waals surface area contributed by atoms with Crippen LogP contribution in [0.15, 0.2) is 61.2 Å². The van der Waals surface area contributed by atoms with Gasteiger partial charge in [-0.25, -0.2) is 0 Å². The fourth-order valence-electron chi connectivity index (χ4n) is 1.82. The molecule has 0 unspecified atom stereocenters. The number of anilines is 2. The summed E-state index contributed by atoms with van der Waals surface area (Å²) in [5.41, 5.74) is 1.42. The highest BCUT2D eigenvalue weighted by molar-refractivity contribution is 6.30. The summed E-state index contributed by atoms with van der Waals surface area (Å²) in [6.07, 6.45) is 1.65. The van der Waals surface area contributed by atoms with E-state index in [-0.39, 0.29) is 12.5 Å². The first-order valence-corrected chi connectivity index (χ1v) is 7.19. The molecular weight excluding hydrogens is 300 g/mol. The van der Waals surface area contributed by atoms with Gasteiger partial charge in [0, 0.05) is 10.7 Å². The molecule has 0 saturated heterocycles. The number of carbonyl (C=O) groups is 1. The average molecular weight is 317 g/mol. The topological polar surface area (TPSA) is 50.4 Å². The Balaban J connectivity index is 1.93. The normalized spacial score (nSPS) is 9.86. The Morgan fingerprint density at radius 2 is 2.05 bits per heavy atom. The van der Waals surface area contributed by atoms with Gasteiger partial charge in [0.25, 0.3) is 0 Å². The van der Waals surface area contributed by atoms with Gasteiger partial charge in [0.1, 0.15) is 12.4 Å². The molecule has 0 aromatic heterocycles. The predicted octanol–water partition coefficient (Wildman–Crippen LogP) is 3.96. The van der Waals surface area contributed by atoms with E-state index in [0.717, 1.165) is 5.69 Å². The Kier molecular flexibility index (Phi) is 5.86. The molecule has 0 aliphatic carbocycles. The molecule has 2 aromatic carbocycles. The summed E-state index contributed by atoms with van der Waals surface area (Å²) in [5, 5.41) is 6.44. The number of hydrogen-bond acceptors (Lipinski definition) is 3. The van der Waals surface area contributed by atoms with Crippen LogP contribution in [0.5, 0.6) is 5.75 Å². The summed E-state index contributed by atoms with van der Waals surface area (Å²) in [6.45, 7) is 4.12. The van der Waals surface area contributed by atoms with E-state index in [4.69, 9.17) is 16.3 Å². The Bertz CT molecular complexity index is 659. The maximum absolute atomic E-state index is 12.0. The van der Waals surface area contributed by atoms with Crippen molar-refractivity contribution in [2.24, 2.45) is 0 Å². The van der Waals surface area contributed by atoms with Crippen molar-refractivity contribution >= 4 is 28.9 Å². The highest BCUT2D eigenvalue weighted by Gasteiger charge is 2.07. The summed E-state index contributed by atoms with van der Waals surface area (Å²) in [4.78, 5) is 12.0. The van der Waals surface area contributed by atoms with E-state index in [1.807, 2.05) is 24.3 Å². The number of ether oxygens (including phenoxy) is 1. The maximum Gasteiger partial charge on any atom is 0.243 e. The third kappa shape index (κ3) is 4.82. The fraction of sp³-hybridized carbons (Fsp3) is 0.118. The van der Waals surface area contributed by atoms with Crippen molar-refractivity contribution in [2.45, 2.75) is 0 Å². The molecule has 2 N–H and O–H groups in total. The van der Waals surface area contributed by atoms with Crippen molar-refractivity contribution in [2.75, 3.05) is 23.8 Å². The van der Waals surface area contributed by atoms with Crippen molar-refractivity contribution in [3.05, 3.63) is 66.2 Å². The molecule has 0 aliphatic heterocycles. The van der Waals surface area contributed by atoms with Gasteiger partial charge in [-0.2, -0.15) is 0 Å². The van der Waals surface area contributed by atoms with E-state index in [1.165, 1.54) is 0 Å². The highest BCUT2D eigenvalue weighted by atomic mass is 35.5. The third-order valence-electron chi connectivity index (χ3n) is 2.80. The summed E-state index contributed by atoms with van der Waals surface area (Å²) in [6, 6.07) is 14.5. The molecule has 0 spiro atoms. The number of amides is 1. The van der Waals surface area contributed by atoms with Crippen LogP contribution in [-0.4, -0.2) is 19.1 Å². The monoisotopic (exact) mass is 316 g/mol. The minimum absolute atomic E-state index is 0.135. The molecule has 114 valence electrons. The lowest BCUT2D eigenvalue weighted by Crippen LogP contribution is -2.22. The molecule has 0 fully saturated rings. The summed E-state index contributed by atoms with van der Waals surface area (Å²) in [5.74, 6) is 0.438. The molecule has 4 nitrogen and oxygen atoms in total. The van der Waals surface area contributed by atoms with Crippen LogP contribution in [0.25, 0.3) is 0 Å². The zero-order valence-electron chi connectivity index (χ0n) is 12.0. The Morgan fingerprint density at radius 1 is 1.23 bits per heavy atom. The van der Waals surface area contributed by atoms with Crippen molar-refractivity contribution in [1.82, 2.24) is 0 Å². The van der Waals surface area contributed by atoms with Crippen molar-refractivity contribution in [3.8, 4) is 5.75 Å². The van der Waals surface area contributed by atoms with Crippen LogP contribution in [0.3, 0.4) is 0 Å². The first-order chi connectivity index (χ1) is 10.7. The number of carbonyl (C=O) groups excluding carboxylic acids is 1. The molecule has 0 aliphatic rings. The van der Waals surface area contributed by atoms with Gasteiger partial charge >= 0.3 is 0 Å². The van der Waals surface area contributed by atoms with Crippen LogP contribution in [0.2, 0.25) is 5.02 Å². The zero-order chi connectivity index (χ0) is 15.8. The van der Waals surface area contributed by atoms with Gasteiger partial charge in [-0.15, -0.1) is 0 Å². The second kappa shape index (κ2) is 8.10. The molecule has 0 heterocycles. The Labute approximate surface area is 134 Å². The predicted molar refractivity (Wildman–Crippen MR) is 90.7 cm³/mol. The Hall–Kier alpha value is -2.46. The minimum Gasteiger partial charge on any atom is -0.487 e. The second-order valence-corrected chi connectivity index (χ2v) is 4.94. The van der Waals surface area contributed by atoms with Gasteiger partial charge in [-0.1, -0.05) is 42.5 Å². The lowest BCUT2D eigenvalue weighted by molar-refractivity contribution is -0.114. The first-order valence-electron chi connectivity index (χ1n) is 6.81. The van der Waals surface area contributed by atoms with Crippen LogP contribution in [0.4, 0.5) is 11.4 Å². The van der Waals surface area contributed by atoms with Crippen molar-refractivity contribution in [1.29, 1.82) is 0 Å². The lowest BCUT2D eigenvalue weighted by Gasteiger charge is -2.12. The largest absolute Gasteiger partial charge is 0.487 e. The summed E-state index contributed by atoms with van der Waals surface area (Å²) >= 11 is 5.89. The fourth-order valence-corrected chi connectivity index (χ4v) is 2.01. The number of nitrogens with one attached hydrogen (secondary N) is 2. The van der Waals surface area contributed by atoms with Gasteiger partial charge in [-0.05, 0) is 30.3 Å². The van der Waals surface area contributed by atoms with E-state index < -0.39 is 0 Å². The molecule has 5 heteroatoms. The van der Waals surface area contributed by atoms with E-state index >= 15 is 0 Å². The molecule has 2 rings (SSSR count). The molecule has 0 atom stereocenters. The maximum atomic E-state index is 12.0. The molecule has 0 bridgehead atoms. The number of para-hydroxylation sites is 2. The van der Waals surface area contributed by atoms with Crippen LogP contribution in [-0.2, 0) is 4.79 Å². The zero-order valence-corrected chi connectivity index (χ0v) is 12.8. The summed E-state index contributed by atoms with van der Waals surface area (Å²) < 4.78 is 5.50. The van der Waals surface area contributed by atoms with Gasteiger partial charge < -0.3 is 15.4 Å². The smallest absolute Gasteiger partial charge is 0.243 e. The van der Waals surface area contributed by atoms with Crippen LogP contribution < -0.4 is 15.4 Å². The third-order valence-corrected chi connectivity index (χ3v) is 3.03. The molecule has 22 heavy (non-hydrogen) atoms. The van der Waals surface area contributed by atoms with Crippen LogP contribution in [0.1, 0.15) is 0 Å². The molecule has 2 aromatic rings. The Morgan fingerprint density at radius 3 is 2.82 bits per heavy atom. The summed E-state index contributed by atoms with van der Waals surface area (Å²) in [7, 11) is 0. The van der Waals surface area contributed by atoms with E-state index in [2.05, 4.69) is 17.2 Å². The van der Waals surface area contributed by atoms with Gasteiger partial charge in [0.2, 0.25) is 5.91 Å². The SMILES string of the molecule is C=CCOc1ccccc1NC(=O)CNc1cccc(Cl)c1. The van der Waals surface area contributed by atoms with Crippen LogP contribution >= 0.6 is 11.6 Å². The minimum atomic E-state index is -0.172. The van der Waals surface area contributed by atoms with E-state index in [0.29, 0.717) is 23.1 Å². The highest BCUT2D eigenvalue weighted by Crippen LogP contribution is 2.23. The quantitative estimate of drug-likeness (QED) is 0.760. The van der Waals surface area contributed by atoms with Crippen LogP contribution in [0, 0.1) is 0 Å². The number of halogens is 1. The number of benzene rings is 2. The second-order valence-electron chi connectivity index (χ2n) is 4.51. The average Bonchev–Trinajstić information content (AvgIpc) is 2.52. The molecule has 0 radical (unpaired) electrons. The standard InChI is InChI=1S/C17H17ClN2O2/c1-2-10-22-16-9-4-3-8-15(16)20-17(21)12-19-14-7-5-6-13(18)11-14/h2-9,11,19H,1,10,12H2,(H,20,21). The van der Waals surface area contributed by atoms with E-state index in [1.54, 1.807) is 30.3 Å². The molecule has 0 saturated carbocycles. The number of rotatable bonds is 7. The molecule has 1 amide bonds. The van der Waals surface area contributed by atoms with Crippen molar-refractivity contribution in [3.63, 3.8) is 0 Å².